The van der Waals surface area contributed by atoms with Gasteiger partial charge in [-0.3, -0.25) is 4.79 Å². The lowest BCUT2D eigenvalue weighted by molar-refractivity contribution is 0.0921. The first-order chi connectivity index (χ1) is 9.51. The highest BCUT2D eigenvalue weighted by molar-refractivity contribution is 9.12. The van der Waals surface area contributed by atoms with Gasteiger partial charge in [0.1, 0.15) is 5.75 Å². The molecule has 0 bridgehead atoms. The van der Waals surface area contributed by atoms with Crippen molar-refractivity contribution in [2.24, 2.45) is 0 Å². The fourth-order valence-corrected chi connectivity index (χ4v) is 4.43. The number of thiophene rings is 1. The van der Waals surface area contributed by atoms with Crippen LogP contribution in [-0.4, -0.2) is 12.4 Å². The van der Waals surface area contributed by atoms with E-state index in [2.05, 4.69) is 31.9 Å². The predicted octanol–water partition coefficient (Wildman–Crippen LogP) is 4.71. The fourth-order valence-electron chi connectivity index (χ4n) is 1.58. The first-order valence-electron chi connectivity index (χ1n) is 5.63. The van der Waals surface area contributed by atoms with Crippen LogP contribution in [-0.2, 0) is 0 Å². The largest absolute Gasteiger partial charge is 0.485 e. The van der Waals surface area contributed by atoms with Crippen molar-refractivity contribution in [3.8, 4) is 11.8 Å². The number of carbonyl (C=O) groups is 1. The van der Waals surface area contributed by atoms with Crippen LogP contribution in [0.5, 0.6) is 5.75 Å². The molecule has 0 amide bonds. The molecule has 102 valence electrons. The van der Waals surface area contributed by atoms with Crippen LogP contribution >= 0.6 is 43.2 Å². The first-order valence-corrected chi connectivity index (χ1v) is 8.03. The number of hydrogen-bond acceptors (Lipinski definition) is 4. The molecule has 0 radical (unpaired) electrons. The number of benzene rings is 1. The molecule has 0 fully saturated rings. The Bertz CT molecular complexity index is 704. The second-order valence-corrected chi connectivity index (χ2v) is 7.79. The van der Waals surface area contributed by atoms with Crippen molar-refractivity contribution in [3.63, 3.8) is 0 Å². The number of aryl methyl sites for hydroxylation is 1. The van der Waals surface area contributed by atoms with Crippen LogP contribution < -0.4 is 4.74 Å². The average Bonchev–Trinajstić information content (AvgIpc) is 2.76. The van der Waals surface area contributed by atoms with Crippen LogP contribution in [0.4, 0.5) is 0 Å². The smallest absolute Gasteiger partial charge is 0.202 e. The molecule has 2 aromatic rings. The van der Waals surface area contributed by atoms with Crippen LogP contribution in [0.3, 0.4) is 0 Å². The Balaban J connectivity index is 2.11. The van der Waals surface area contributed by atoms with E-state index in [0.717, 1.165) is 13.1 Å². The lowest BCUT2D eigenvalue weighted by Gasteiger charge is -2.08. The third kappa shape index (κ3) is 3.48. The number of hydrogen-bond donors (Lipinski definition) is 0. The molecule has 6 heteroatoms. The topological polar surface area (TPSA) is 50.1 Å². The maximum Gasteiger partial charge on any atom is 0.202 e. The Morgan fingerprint density at radius 2 is 2.15 bits per heavy atom. The highest BCUT2D eigenvalue weighted by Crippen LogP contribution is 2.32. The number of ketones is 1. The van der Waals surface area contributed by atoms with Gasteiger partial charge < -0.3 is 4.74 Å². The zero-order valence-electron chi connectivity index (χ0n) is 10.4. The first kappa shape index (κ1) is 15.2. The van der Waals surface area contributed by atoms with Crippen LogP contribution in [0.15, 0.2) is 31.8 Å². The van der Waals surface area contributed by atoms with E-state index in [1.807, 2.05) is 13.0 Å². The van der Waals surface area contributed by atoms with Gasteiger partial charge >= 0.3 is 0 Å². The molecule has 1 aromatic heterocycles. The van der Waals surface area contributed by atoms with Crippen LogP contribution in [0.25, 0.3) is 0 Å². The zero-order valence-corrected chi connectivity index (χ0v) is 14.4. The maximum absolute atomic E-state index is 12.1. The minimum Gasteiger partial charge on any atom is -0.485 e. The lowest BCUT2D eigenvalue weighted by atomic mass is 10.1. The molecule has 0 N–H and O–H groups in total. The summed E-state index contributed by atoms with van der Waals surface area (Å²) in [6, 6.07) is 8.97. The second-order valence-electron chi connectivity index (χ2n) is 4.04. The van der Waals surface area contributed by atoms with Crippen molar-refractivity contribution >= 4 is 49.0 Å². The molecular weight excluding hydrogens is 406 g/mol. The average molecular weight is 415 g/mol. The molecule has 0 atom stereocenters. The van der Waals surface area contributed by atoms with Crippen LogP contribution in [0.2, 0.25) is 0 Å². The molecule has 1 aromatic carbocycles. The Labute approximate surface area is 137 Å². The highest BCUT2D eigenvalue weighted by Gasteiger charge is 2.15. The summed E-state index contributed by atoms with van der Waals surface area (Å²) in [4.78, 5) is 12.1. The van der Waals surface area contributed by atoms with Crippen molar-refractivity contribution in [2.75, 3.05) is 6.61 Å². The summed E-state index contributed by atoms with van der Waals surface area (Å²) in [6.07, 6.45) is 0. The SMILES string of the molecule is Cc1ccc(C#N)cc1OCC(=O)c1cc(Br)sc1Br. The molecule has 1 heterocycles. The lowest BCUT2D eigenvalue weighted by Crippen LogP contribution is -2.11. The van der Waals surface area contributed by atoms with E-state index in [1.165, 1.54) is 11.3 Å². The number of rotatable bonds is 4. The number of halogens is 2. The van der Waals surface area contributed by atoms with Gasteiger partial charge in [0.15, 0.2) is 6.61 Å². The summed E-state index contributed by atoms with van der Waals surface area (Å²) in [5.74, 6) is 0.448. The molecule has 0 spiro atoms. The molecule has 0 unspecified atom stereocenters. The van der Waals surface area contributed by atoms with E-state index in [9.17, 15) is 4.79 Å². The summed E-state index contributed by atoms with van der Waals surface area (Å²) >= 11 is 8.13. The van der Waals surface area contributed by atoms with Gasteiger partial charge in [0.2, 0.25) is 5.78 Å². The van der Waals surface area contributed by atoms with Crippen molar-refractivity contribution in [1.29, 1.82) is 5.26 Å². The molecular formula is C14H9Br2NO2S. The molecule has 20 heavy (non-hydrogen) atoms. The monoisotopic (exact) mass is 413 g/mol. The normalized spacial score (nSPS) is 10.1. The summed E-state index contributed by atoms with van der Waals surface area (Å²) in [7, 11) is 0. The van der Waals surface area contributed by atoms with Crippen molar-refractivity contribution in [1.82, 2.24) is 0 Å². The van der Waals surface area contributed by atoms with E-state index in [-0.39, 0.29) is 12.4 Å². The fraction of sp³-hybridized carbons (Fsp3) is 0.143. The molecule has 3 nitrogen and oxygen atoms in total. The predicted molar refractivity (Wildman–Crippen MR) is 85.4 cm³/mol. The summed E-state index contributed by atoms with van der Waals surface area (Å²) in [6.45, 7) is 1.82. The molecule has 0 aliphatic carbocycles. The molecule has 2 rings (SSSR count). The van der Waals surface area contributed by atoms with Crippen molar-refractivity contribution in [2.45, 2.75) is 6.92 Å². The van der Waals surface area contributed by atoms with E-state index >= 15 is 0 Å². The summed E-state index contributed by atoms with van der Waals surface area (Å²) in [5, 5.41) is 8.86. The van der Waals surface area contributed by atoms with Crippen LogP contribution in [0, 0.1) is 18.3 Å². The summed E-state index contributed by atoms with van der Waals surface area (Å²) < 4.78 is 7.19. The van der Waals surface area contributed by atoms with Gasteiger partial charge in [-0.15, -0.1) is 11.3 Å². The van der Waals surface area contributed by atoms with Gasteiger partial charge in [-0.05, 0) is 62.5 Å². The standard InChI is InChI=1S/C14H9Br2NO2S/c1-8-2-3-9(6-17)4-12(8)19-7-11(18)10-5-13(15)20-14(10)16/h2-5H,7H2,1H3. The Kier molecular flexibility index (Phi) is 4.97. The molecule has 0 aliphatic heterocycles. The van der Waals surface area contributed by atoms with Crippen molar-refractivity contribution < 1.29 is 9.53 Å². The number of nitriles is 1. The second kappa shape index (κ2) is 6.53. The highest BCUT2D eigenvalue weighted by atomic mass is 79.9. The van der Waals surface area contributed by atoms with Gasteiger partial charge in [0.05, 0.1) is 19.2 Å². The van der Waals surface area contributed by atoms with E-state index in [4.69, 9.17) is 10.00 Å². The molecule has 0 aliphatic rings. The van der Waals surface area contributed by atoms with Crippen LogP contribution in [0.1, 0.15) is 21.5 Å². The van der Waals surface area contributed by atoms with E-state index in [1.54, 1.807) is 24.3 Å². The molecule has 0 saturated heterocycles. The number of Topliss-reactive ketones (excluding diaryl/α,β-unsaturated/α-hetero) is 1. The summed E-state index contributed by atoms with van der Waals surface area (Å²) in [5.41, 5.74) is 2.00. The van der Waals surface area contributed by atoms with Gasteiger partial charge in [-0.1, -0.05) is 6.07 Å². The number of ether oxygens (including phenoxy) is 1. The third-order valence-corrected chi connectivity index (χ3v) is 4.97. The molecule has 0 saturated carbocycles. The Morgan fingerprint density at radius 3 is 2.75 bits per heavy atom. The van der Waals surface area contributed by atoms with Gasteiger partial charge in [0, 0.05) is 5.56 Å². The maximum atomic E-state index is 12.1. The van der Waals surface area contributed by atoms with Gasteiger partial charge in [0.25, 0.3) is 0 Å². The quantitative estimate of drug-likeness (QED) is 0.680. The van der Waals surface area contributed by atoms with E-state index < -0.39 is 0 Å². The van der Waals surface area contributed by atoms with Gasteiger partial charge in [-0.25, -0.2) is 0 Å². The third-order valence-electron chi connectivity index (χ3n) is 2.63. The van der Waals surface area contributed by atoms with Gasteiger partial charge in [-0.2, -0.15) is 5.26 Å². The van der Waals surface area contributed by atoms with E-state index in [0.29, 0.717) is 16.9 Å². The number of nitrogens with zero attached hydrogens (tertiary/aromatic N) is 1. The minimum absolute atomic E-state index is 0.0580. The Morgan fingerprint density at radius 1 is 1.40 bits per heavy atom. The zero-order chi connectivity index (χ0) is 14.7. The van der Waals surface area contributed by atoms with Crippen molar-refractivity contribution in [3.05, 3.63) is 48.5 Å². The Hall–Kier alpha value is -1.16. The minimum atomic E-state index is -0.111. The number of carbonyl (C=O) groups excluding carboxylic acids is 1.